The number of aryl methyl sites for hydroxylation is 1. The summed E-state index contributed by atoms with van der Waals surface area (Å²) >= 11 is 0. The molecule has 1 aromatic carbocycles. The number of cyclic esters (lactones) is 1. The molecular weight excluding hydrogens is 360 g/mol. The minimum atomic E-state index is -0.406. The molecule has 0 N–H and O–H groups in total. The largest absolute Gasteiger partial charge is 0.448 e. The topological polar surface area (TPSA) is 88.8 Å². The number of carbonyl (C=O) groups is 2. The number of hydrogen-bond acceptors (Lipinski definition) is 6. The number of piperidine rings is 1. The average molecular weight is 384 g/mol. The van der Waals surface area contributed by atoms with Crippen molar-refractivity contribution in [1.82, 2.24) is 19.9 Å². The molecule has 2 aromatic rings. The Morgan fingerprint density at radius 2 is 2.14 bits per heavy atom. The van der Waals surface area contributed by atoms with Crippen LogP contribution in [0.3, 0.4) is 0 Å². The van der Waals surface area contributed by atoms with Crippen LogP contribution >= 0.6 is 0 Å². The average Bonchev–Trinajstić information content (AvgIpc) is 3.32. The van der Waals surface area contributed by atoms with Crippen LogP contribution < -0.4 is 0 Å². The van der Waals surface area contributed by atoms with Crippen LogP contribution in [0.15, 0.2) is 28.8 Å². The van der Waals surface area contributed by atoms with Crippen molar-refractivity contribution in [1.29, 1.82) is 0 Å². The molecular formula is C20H24N4O4. The molecule has 2 fully saturated rings. The van der Waals surface area contributed by atoms with Crippen molar-refractivity contribution in [2.45, 2.75) is 26.2 Å². The van der Waals surface area contributed by atoms with Crippen LogP contribution in [0.25, 0.3) is 11.4 Å². The number of nitrogens with zero attached hydrogens (tertiary/aromatic N) is 4. The molecule has 8 heteroatoms. The van der Waals surface area contributed by atoms with Gasteiger partial charge in [0.2, 0.25) is 17.6 Å². The fraction of sp³-hybridized carbons (Fsp3) is 0.500. The monoisotopic (exact) mass is 384 g/mol. The van der Waals surface area contributed by atoms with E-state index in [0.29, 0.717) is 37.8 Å². The Morgan fingerprint density at radius 3 is 2.93 bits per heavy atom. The van der Waals surface area contributed by atoms with E-state index < -0.39 is 6.09 Å². The van der Waals surface area contributed by atoms with E-state index in [-0.39, 0.29) is 18.4 Å². The van der Waals surface area contributed by atoms with Gasteiger partial charge in [-0.15, -0.1) is 0 Å². The van der Waals surface area contributed by atoms with Gasteiger partial charge in [-0.2, -0.15) is 4.98 Å². The second-order valence-corrected chi connectivity index (χ2v) is 7.41. The highest BCUT2D eigenvalue weighted by atomic mass is 16.6. The number of amides is 2. The molecule has 8 nitrogen and oxygen atoms in total. The molecule has 0 saturated carbocycles. The third-order valence-electron chi connectivity index (χ3n) is 5.36. The zero-order valence-electron chi connectivity index (χ0n) is 16.0. The highest BCUT2D eigenvalue weighted by molar-refractivity contribution is 5.83. The zero-order chi connectivity index (χ0) is 19.5. The molecule has 28 heavy (non-hydrogen) atoms. The Labute approximate surface area is 163 Å². The molecule has 148 valence electrons. The lowest BCUT2D eigenvalue weighted by Gasteiger charge is -2.33. The first-order valence-corrected chi connectivity index (χ1v) is 9.68. The first kappa shape index (κ1) is 18.5. The van der Waals surface area contributed by atoms with Crippen molar-refractivity contribution in [2.75, 3.05) is 32.8 Å². The predicted molar refractivity (Wildman–Crippen MR) is 100 cm³/mol. The van der Waals surface area contributed by atoms with Crippen LogP contribution in [0.1, 0.15) is 24.3 Å². The second-order valence-electron chi connectivity index (χ2n) is 7.41. The maximum absolute atomic E-state index is 12.5. The molecule has 0 radical (unpaired) electrons. The van der Waals surface area contributed by atoms with Gasteiger partial charge in [0, 0.05) is 25.1 Å². The molecule has 3 heterocycles. The van der Waals surface area contributed by atoms with E-state index >= 15 is 0 Å². The Balaban J connectivity index is 1.36. The van der Waals surface area contributed by atoms with Gasteiger partial charge in [0.1, 0.15) is 13.2 Å². The van der Waals surface area contributed by atoms with Gasteiger partial charge in [-0.1, -0.05) is 29.4 Å². The summed E-state index contributed by atoms with van der Waals surface area (Å²) in [6.07, 6.45) is 2.18. The number of carbonyl (C=O) groups excluding carboxylic acids is 2. The van der Waals surface area contributed by atoms with Gasteiger partial charge in [0.05, 0.1) is 6.54 Å². The zero-order valence-corrected chi connectivity index (χ0v) is 16.0. The SMILES string of the molecule is Cc1ccccc1-c1noc(C[C@H]2CCCN(C(=O)CN3CCOC3=O)C2)n1. The molecule has 2 amide bonds. The van der Waals surface area contributed by atoms with E-state index in [1.807, 2.05) is 36.1 Å². The summed E-state index contributed by atoms with van der Waals surface area (Å²) in [6.45, 7) is 4.30. The van der Waals surface area contributed by atoms with Crippen LogP contribution in [0, 0.1) is 12.8 Å². The molecule has 4 rings (SSSR count). The van der Waals surface area contributed by atoms with E-state index in [2.05, 4.69) is 10.1 Å². The van der Waals surface area contributed by atoms with Crippen molar-refractivity contribution in [3.05, 3.63) is 35.7 Å². The van der Waals surface area contributed by atoms with Gasteiger partial charge in [-0.05, 0) is 31.2 Å². The van der Waals surface area contributed by atoms with E-state index in [0.717, 1.165) is 30.5 Å². The second kappa shape index (κ2) is 8.00. The molecule has 0 bridgehead atoms. The lowest BCUT2D eigenvalue weighted by Crippen LogP contribution is -2.45. The van der Waals surface area contributed by atoms with E-state index in [4.69, 9.17) is 9.26 Å². The van der Waals surface area contributed by atoms with Gasteiger partial charge in [-0.3, -0.25) is 9.69 Å². The minimum Gasteiger partial charge on any atom is -0.448 e. The van der Waals surface area contributed by atoms with E-state index in [9.17, 15) is 9.59 Å². The normalized spacial score (nSPS) is 19.8. The first-order valence-electron chi connectivity index (χ1n) is 9.68. The smallest absolute Gasteiger partial charge is 0.410 e. The summed E-state index contributed by atoms with van der Waals surface area (Å²) in [7, 11) is 0. The lowest BCUT2D eigenvalue weighted by molar-refractivity contribution is -0.133. The van der Waals surface area contributed by atoms with Crippen LogP contribution in [0.2, 0.25) is 0 Å². The third-order valence-corrected chi connectivity index (χ3v) is 5.36. The first-order chi connectivity index (χ1) is 13.6. The Bertz CT molecular complexity index is 865. The maximum atomic E-state index is 12.5. The van der Waals surface area contributed by atoms with Crippen LogP contribution in [-0.4, -0.2) is 64.7 Å². The standard InChI is InChI=1S/C20H24N4O4/c1-14-5-2-3-7-16(14)19-21-17(28-22-19)11-15-6-4-8-23(12-15)18(25)13-24-9-10-27-20(24)26/h2-3,5,7,15H,4,6,8-13H2,1H3/t15-/m1/s1. The van der Waals surface area contributed by atoms with Gasteiger partial charge in [-0.25, -0.2) is 4.79 Å². The number of benzene rings is 1. The summed E-state index contributed by atoms with van der Waals surface area (Å²) in [5, 5.41) is 4.12. The lowest BCUT2D eigenvalue weighted by atomic mass is 9.94. The van der Waals surface area contributed by atoms with Crippen molar-refractivity contribution in [3.63, 3.8) is 0 Å². The Morgan fingerprint density at radius 1 is 1.29 bits per heavy atom. The number of hydrogen-bond donors (Lipinski definition) is 0. The van der Waals surface area contributed by atoms with E-state index in [1.165, 1.54) is 4.90 Å². The molecule has 1 aromatic heterocycles. The van der Waals surface area contributed by atoms with Crippen LogP contribution in [0.4, 0.5) is 4.79 Å². The molecule has 0 unspecified atom stereocenters. The Kier molecular flexibility index (Phi) is 5.27. The third kappa shape index (κ3) is 4.00. The number of ether oxygens (including phenoxy) is 1. The molecule has 0 spiro atoms. The summed E-state index contributed by atoms with van der Waals surface area (Å²) in [6, 6.07) is 7.94. The predicted octanol–water partition coefficient (Wildman–Crippen LogP) is 2.28. The molecule has 0 aliphatic carbocycles. The maximum Gasteiger partial charge on any atom is 0.410 e. The molecule has 2 aliphatic heterocycles. The van der Waals surface area contributed by atoms with Gasteiger partial charge >= 0.3 is 6.09 Å². The number of aromatic nitrogens is 2. The van der Waals surface area contributed by atoms with Crippen LogP contribution in [-0.2, 0) is 16.0 Å². The quantitative estimate of drug-likeness (QED) is 0.786. The molecule has 2 aliphatic rings. The molecule has 1 atom stereocenters. The summed E-state index contributed by atoms with van der Waals surface area (Å²) in [5.74, 6) is 1.44. The Hall–Kier alpha value is -2.90. The van der Waals surface area contributed by atoms with Crippen molar-refractivity contribution in [3.8, 4) is 11.4 Å². The highest BCUT2D eigenvalue weighted by Gasteiger charge is 2.30. The van der Waals surface area contributed by atoms with E-state index in [1.54, 1.807) is 0 Å². The molecule has 2 saturated heterocycles. The number of rotatable bonds is 5. The van der Waals surface area contributed by atoms with Crippen molar-refractivity contribution in [2.24, 2.45) is 5.92 Å². The van der Waals surface area contributed by atoms with Gasteiger partial charge in [0.15, 0.2) is 0 Å². The fourth-order valence-electron chi connectivity index (χ4n) is 3.81. The number of likely N-dealkylation sites (tertiary alicyclic amines) is 1. The van der Waals surface area contributed by atoms with Crippen LogP contribution in [0.5, 0.6) is 0 Å². The highest BCUT2D eigenvalue weighted by Crippen LogP contribution is 2.24. The fourth-order valence-corrected chi connectivity index (χ4v) is 3.81. The summed E-state index contributed by atoms with van der Waals surface area (Å²) in [5.41, 5.74) is 2.07. The summed E-state index contributed by atoms with van der Waals surface area (Å²) < 4.78 is 10.3. The minimum absolute atomic E-state index is 0.0327. The van der Waals surface area contributed by atoms with Gasteiger partial charge < -0.3 is 14.2 Å². The van der Waals surface area contributed by atoms with Crippen molar-refractivity contribution < 1.29 is 18.8 Å². The van der Waals surface area contributed by atoms with Gasteiger partial charge in [0.25, 0.3) is 0 Å². The van der Waals surface area contributed by atoms with Crippen molar-refractivity contribution >= 4 is 12.0 Å². The summed E-state index contributed by atoms with van der Waals surface area (Å²) in [4.78, 5) is 31.9.